The Balaban J connectivity index is 2.19. The van der Waals surface area contributed by atoms with Crippen LogP contribution in [0.5, 0.6) is 0 Å². The minimum absolute atomic E-state index is 0.375. The molecule has 1 aromatic carbocycles. The molecule has 0 saturated heterocycles. The van der Waals surface area contributed by atoms with Crippen molar-refractivity contribution in [2.75, 3.05) is 12.4 Å². The van der Waals surface area contributed by atoms with E-state index in [2.05, 4.69) is 20.3 Å². The van der Waals surface area contributed by atoms with Crippen LogP contribution in [0.2, 0.25) is 0 Å². The van der Waals surface area contributed by atoms with E-state index in [0.29, 0.717) is 17.7 Å². The minimum Gasteiger partial charge on any atom is -0.478 e. The Bertz CT molecular complexity index is 958. The molecule has 0 radical (unpaired) electrons. The third kappa shape index (κ3) is 3.23. The summed E-state index contributed by atoms with van der Waals surface area (Å²) < 4.78 is 14.2. The Morgan fingerprint density at radius 3 is 2.50 bits per heavy atom. The molecule has 0 atom stereocenters. The number of pyridine rings is 1. The molecule has 2 heterocycles. The van der Waals surface area contributed by atoms with Gasteiger partial charge in [-0.3, -0.25) is 0 Å². The predicted molar refractivity (Wildman–Crippen MR) is 96.5 cm³/mol. The van der Waals surface area contributed by atoms with Gasteiger partial charge in [-0.1, -0.05) is 13.0 Å². The van der Waals surface area contributed by atoms with Crippen molar-refractivity contribution in [2.24, 2.45) is 0 Å². The average molecular weight is 352 g/mol. The van der Waals surface area contributed by atoms with Crippen molar-refractivity contribution >= 4 is 11.8 Å². The molecule has 0 aliphatic heterocycles. The lowest BCUT2D eigenvalue weighted by Gasteiger charge is -2.13. The molecule has 0 amide bonds. The number of nitrogens with one attached hydrogen (secondary N) is 1. The Kier molecular flexibility index (Phi) is 4.88. The van der Waals surface area contributed by atoms with Crippen LogP contribution in [0.4, 0.5) is 10.2 Å². The van der Waals surface area contributed by atoms with Crippen LogP contribution in [0.25, 0.3) is 22.4 Å². The standard InChI is InChI=1S/C19H17FN4O2/c1-3-15-17(12-5-7-16(21-2)22-9-12)18(24-10-23-15)11-4-6-13(19(25)26)14(20)8-11/h4-10H,3H2,1-2H3,(H,21,22)(H,25,26). The molecule has 0 spiro atoms. The molecule has 26 heavy (non-hydrogen) atoms. The molecule has 2 aromatic heterocycles. The van der Waals surface area contributed by atoms with Crippen molar-refractivity contribution in [1.82, 2.24) is 15.0 Å². The normalized spacial score (nSPS) is 10.6. The Hall–Kier alpha value is -3.35. The molecule has 3 aromatic rings. The van der Waals surface area contributed by atoms with Crippen molar-refractivity contribution in [3.8, 4) is 22.4 Å². The number of anilines is 1. The van der Waals surface area contributed by atoms with Crippen molar-refractivity contribution in [3.05, 3.63) is 59.9 Å². The summed E-state index contributed by atoms with van der Waals surface area (Å²) in [5, 5.41) is 12.0. The summed E-state index contributed by atoms with van der Waals surface area (Å²) in [7, 11) is 1.78. The topological polar surface area (TPSA) is 88.0 Å². The first-order valence-corrected chi connectivity index (χ1v) is 8.06. The number of aromatic carboxylic acids is 1. The van der Waals surface area contributed by atoms with Crippen LogP contribution in [0.15, 0.2) is 42.9 Å². The van der Waals surface area contributed by atoms with Gasteiger partial charge in [-0.05, 0) is 30.7 Å². The lowest BCUT2D eigenvalue weighted by atomic mass is 9.97. The fourth-order valence-electron chi connectivity index (χ4n) is 2.74. The summed E-state index contributed by atoms with van der Waals surface area (Å²) in [6, 6.07) is 7.70. The molecular formula is C19H17FN4O2. The summed E-state index contributed by atoms with van der Waals surface area (Å²) in [5.74, 6) is -1.39. The smallest absolute Gasteiger partial charge is 0.338 e. The molecule has 2 N–H and O–H groups in total. The fraction of sp³-hybridized carbons (Fsp3) is 0.158. The van der Waals surface area contributed by atoms with Crippen LogP contribution >= 0.6 is 0 Å². The third-order valence-corrected chi connectivity index (χ3v) is 4.04. The van der Waals surface area contributed by atoms with Gasteiger partial charge in [-0.2, -0.15) is 0 Å². The zero-order valence-corrected chi connectivity index (χ0v) is 14.3. The van der Waals surface area contributed by atoms with Crippen LogP contribution in [0.3, 0.4) is 0 Å². The van der Waals surface area contributed by atoms with Crippen LogP contribution in [0, 0.1) is 5.82 Å². The van der Waals surface area contributed by atoms with Crippen molar-refractivity contribution < 1.29 is 14.3 Å². The van der Waals surface area contributed by atoms with Crippen LogP contribution in [-0.2, 0) is 6.42 Å². The van der Waals surface area contributed by atoms with Crippen LogP contribution in [0.1, 0.15) is 23.0 Å². The van der Waals surface area contributed by atoms with E-state index in [-0.39, 0.29) is 5.56 Å². The second-order valence-electron chi connectivity index (χ2n) is 5.58. The fourth-order valence-corrected chi connectivity index (χ4v) is 2.74. The first kappa shape index (κ1) is 17.5. The van der Waals surface area contributed by atoms with Gasteiger partial charge in [-0.15, -0.1) is 0 Å². The maximum absolute atomic E-state index is 14.2. The molecule has 7 heteroatoms. The molecule has 0 aliphatic rings. The van der Waals surface area contributed by atoms with E-state index in [1.807, 2.05) is 19.1 Å². The summed E-state index contributed by atoms with van der Waals surface area (Å²) in [4.78, 5) is 24.0. The van der Waals surface area contributed by atoms with Crippen molar-refractivity contribution in [3.63, 3.8) is 0 Å². The third-order valence-electron chi connectivity index (χ3n) is 4.04. The van der Waals surface area contributed by atoms with E-state index in [0.717, 1.165) is 22.6 Å². The van der Waals surface area contributed by atoms with Gasteiger partial charge in [0.15, 0.2) is 0 Å². The maximum atomic E-state index is 14.2. The molecule has 0 fully saturated rings. The largest absolute Gasteiger partial charge is 0.478 e. The van der Waals surface area contributed by atoms with Crippen LogP contribution in [-0.4, -0.2) is 33.1 Å². The summed E-state index contributed by atoms with van der Waals surface area (Å²) in [6.07, 6.45) is 3.79. The highest BCUT2D eigenvalue weighted by Gasteiger charge is 2.17. The van der Waals surface area contributed by atoms with Gasteiger partial charge in [0.2, 0.25) is 0 Å². The number of carboxylic acids is 1. The van der Waals surface area contributed by atoms with Gasteiger partial charge in [0.1, 0.15) is 18.0 Å². The number of carbonyl (C=O) groups is 1. The van der Waals surface area contributed by atoms with Gasteiger partial charge in [0, 0.05) is 29.9 Å². The average Bonchev–Trinajstić information content (AvgIpc) is 2.67. The Labute approximate surface area is 149 Å². The molecular weight excluding hydrogens is 335 g/mol. The van der Waals surface area contributed by atoms with E-state index >= 15 is 0 Å². The second-order valence-corrected chi connectivity index (χ2v) is 5.58. The van der Waals surface area contributed by atoms with E-state index in [1.165, 1.54) is 18.5 Å². The number of aromatic nitrogens is 3. The predicted octanol–water partition coefficient (Wildman–Crippen LogP) is 3.65. The highest BCUT2D eigenvalue weighted by Crippen LogP contribution is 2.33. The van der Waals surface area contributed by atoms with E-state index in [9.17, 15) is 9.18 Å². The SMILES string of the molecule is CCc1ncnc(-c2ccc(C(=O)O)c(F)c2)c1-c1ccc(NC)nc1. The van der Waals surface area contributed by atoms with Gasteiger partial charge >= 0.3 is 5.97 Å². The van der Waals surface area contributed by atoms with Gasteiger partial charge in [0.25, 0.3) is 0 Å². The molecule has 0 aliphatic carbocycles. The van der Waals surface area contributed by atoms with E-state index in [1.54, 1.807) is 19.3 Å². The second kappa shape index (κ2) is 7.26. The highest BCUT2D eigenvalue weighted by atomic mass is 19.1. The lowest BCUT2D eigenvalue weighted by molar-refractivity contribution is 0.0692. The number of rotatable bonds is 5. The Morgan fingerprint density at radius 1 is 1.15 bits per heavy atom. The molecule has 0 saturated carbocycles. The number of hydrogen-bond acceptors (Lipinski definition) is 5. The number of hydrogen-bond donors (Lipinski definition) is 2. The monoisotopic (exact) mass is 352 g/mol. The number of aryl methyl sites for hydroxylation is 1. The number of carboxylic acid groups (broad SMARTS) is 1. The maximum Gasteiger partial charge on any atom is 0.338 e. The molecule has 132 valence electrons. The number of benzene rings is 1. The zero-order chi connectivity index (χ0) is 18.7. The Morgan fingerprint density at radius 2 is 1.92 bits per heavy atom. The summed E-state index contributed by atoms with van der Waals surface area (Å²) in [6.45, 7) is 1.97. The summed E-state index contributed by atoms with van der Waals surface area (Å²) >= 11 is 0. The lowest BCUT2D eigenvalue weighted by Crippen LogP contribution is -2.02. The first-order chi connectivity index (χ1) is 12.5. The van der Waals surface area contributed by atoms with Gasteiger partial charge < -0.3 is 10.4 Å². The van der Waals surface area contributed by atoms with Gasteiger partial charge in [0.05, 0.1) is 17.0 Å². The number of nitrogens with zero attached hydrogens (tertiary/aromatic N) is 3. The van der Waals surface area contributed by atoms with E-state index < -0.39 is 11.8 Å². The zero-order valence-electron chi connectivity index (χ0n) is 14.3. The quantitative estimate of drug-likeness (QED) is 0.729. The molecule has 0 unspecified atom stereocenters. The molecule has 3 rings (SSSR count). The first-order valence-electron chi connectivity index (χ1n) is 8.06. The summed E-state index contributed by atoms with van der Waals surface area (Å²) in [5.41, 5.74) is 3.01. The van der Waals surface area contributed by atoms with Crippen molar-refractivity contribution in [2.45, 2.75) is 13.3 Å². The minimum atomic E-state index is -1.31. The molecule has 6 nitrogen and oxygen atoms in total. The van der Waals surface area contributed by atoms with Gasteiger partial charge in [-0.25, -0.2) is 24.1 Å². The van der Waals surface area contributed by atoms with Crippen molar-refractivity contribution in [1.29, 1.82) is 0 Å². The van der Waals surface area contributed by atoms with E-state index in [4.69, 9.17) is 5.11 Å². The molecule has 0 bridgehead atoms. The highest BCUT2D eigenvalue weighted by molar-refractivity contribution is 5.89. The number of halogens is 1. The van der Waals surface area contributed by atoms with Crippen LogP contribution < -0.4 is 5.32 Å².